The second-order valence-corrected chi connectivity index (χ2v) is 6.10. The van der Waals surface area contributed by atoms with Crippen molar-refractivity contribution in [2.45, 2.75) is 6.54 Å². The zero-order chi connectivity index (χ0) is 16.4. The van der Waals surface area contributed by atoms with Crippen LogP contribution in [0.15, 0.2) is 42.9 Å². The van der Waals surface area contributed by atoms with Crippen molar-refractivity contribution in [3.8, 4) is 0 Å². The van der Waals surface area contributed by atoms with Gasteiger partial charge in [0.15, 0.2) is 0 Å². The van der Waals surface area contributed by atoms with Crippen molar-refractivity contribution < 1.29 is 9.18 Å². The van der Waals surface area contributed by atoms with Crippen LogP contribution < -0.4 is 5.32 Å². The Hall–Kier alpha value is -2.23. The molecule has 0 saturated carbocycles. The van der Waals surface area contributed by atoms with Gasteiger partial charge in [0.25, 0.3) is 5.91 Å². The summed E-state index contributed by atoms with van der Waals surface area (Å²) in [6.45, 7) is 0.297. The van der Waals surface area contributed by atoms with E-state index in [1.54, 1.807) is 42.3 Å². The third-order valence-corrected chi connectivity index (χ3v) is 4.08. The molecule has 0 unspecified atom stereocenters. The number of aromatic nitrogens is 4. The SMILES string of the molecule is Cn1ncc(I)c1C(=O)Nc1cnn(Cc2ccccc2F)c1. The Balaban J connectivity index is 1.73. The number of amides is 1. The number of benzene rings is 1. The molecule has 3 aromatic rings. The van der Waals surface area contributed by atoms with E-state index in [0.717, 1.165) is 3.57 Å². The van der Waals surface area contributed by atoms with Crippen molar-refractivity contribution in [1.29, 1.82) is 0 Å². The topological polar surface area (TPSA) is 64.7 Å². The van der Waals surface area contributed by atoms with Gasteiger partial charge in [-0.15, -0.1) is 0 Å². The molecule has 0 saturated heterocycles. The first-order valence-corrected chi connectivity index (χ1v) is 7.87. The van der Waals surface area contributed by atoms with Gasteiger partial charge in [-0.1, -0.05) is 18.2 Å². The van der Waals surface area contributed by atoms with Crippen LogP contribution in [0.5, 0.6) is 0 Å². The van der Waals surface area contributed by atoms with Crippen LogP contribution in [0.3, 0.4) is 0 Å². The highest BCUT2D eigenvalue weighted by molar-refractivity contribution is 14.1. The van der Waals surface area contributed by atoms with Gasteiger partial charge in [0.05, 0.1) is 28.2 Å². The Labute approximate surface area is 145 Å². The fourth-order valence-corrected chi connectivity index (χ4v) is 2.89. The molecule has 0 atom stereocenters. The Kier molecular flexibility index (Phi) is 4.42. The van der Waals surface area contributed by atoms with Crippen molar-refractivity contribution in [2.75, 3.05) is 5.32 Å². The minimum Gasteiger partial charge on any atom is -0.318 e. The van der Waals surface area contributed by atoms with Gasteiger partial charge < -0.3 is 5.32 Å². The molecule has 0 aliphatic rings. The zero-order valence-corrected chi connectivity index (χ0v) is 14.4. The summed E-state index contributed by atoms with van der Waals surface area (Å²) in [6.07, 6.45) is 4.81. The smallest absolute Gasteiger partial charge is 0.275 e. The van der Waals surface area contributed by atoms with Crippen LogP contribution in [0.2, 0.25) is 0 Å². The number of carbonyl (C=O) groups excluding carboxylic acids is 1. The number of hydrogen-bond donors (Lipinski definition) is 1. The molecular weight excluding hydrogens is 412 g/mol. The Bertz CT molecular complexity index is 838. The van der Waals surface area contributed by atoms with Crippen LogP contribution in [0, 0.1) is 9.39 Å². The van der Waals surface area contributed by atoms with Crippen LogP contribution in [-0.4, -0.2) is 25.5 Å². The molecule has 8 heteroatoms. The normalized spacial score (nSPS) is 10.7. The Morgan fingerprint density at radius 3 is 2.78 bits per heavy atom. The number of nitrogens with one attached hydrogen (secondary N) is 1. The van der Waals surface area contributed by atoms with E-state index in [0.29, 0.717) is 23.5 Å². The van der Waals surface area contributed by atoms with Gasteiger partial charge in [-0.3, -0.25) is 14.2 Å². The maximum Gasteiger partial charge on any atom is 0.275 e. The molecule has 6 nitrogen and oxygen atoms in total. The lowest BCUT2D eigenvalue weighted by molar-refractivity contribution is 0.101. The highest BCUT2D eigenvalue weighted by Crippen LogP contribution is 2.15. The molecule has 0 bridgehead atoms. The number of nitrogens with zero attached hydrogens (tertiary/aromatic N) is 4. The van der Waals surface area contributed by atoms with Crippen molar-refractivity contribution in [2.24, 2.45) is 7.05 Å². The van der Waals surface area contributed by atoms with Gasteiger partial charge in [-0.05, 0) is 28.7 Å². The maximum absolute atomic E-state index is 13.6. The molecule has 0 radical (unpaired) electrons. The summed E-state index contributed by atoms with van der Waals surface area (Å²) in [7, 11) is 1.71. The zero-order valence-electron chi connectivity index (χ0n) is 12.2. The van der Waals surface area contributed by atoms with E-state index in [9.17, 15) is 9.18 Å². The van der Waals surface area contributed by atoms with E-state index in [1.807, 2.05) is 0 Å². The lowest BCUT2D eigenvalue weighted by Crippen LogP contribution is -2.17. The molecule has 2 aromatic heterocycles. The predicted octanol–water partition coefficient (Wildman–Crippen LogP) is 2.66. The highest BCUT2D eigenvalue weighted by atomic mass is 127. The van der Waals surface area contributed by atoms with Crippen molar-refractivity contribution in [1.82, 2.24) is 19.6 Å². The summed E-state index contributed by atoms with van der Waals surface area (Å²) in [5.41, 5.74) is 1.56. The van der Waals surface area contributed by atoms with Crippen molar-refractivity contribution in [3.05, 3.63) is 63.5 Å². The lowest BCUT2D eigenvalue weighted by Gasteiger charge is -2.04. The Morgan fingerprint density at radius 1 is 1.30 bits per heavy atom. The minimum absolute atomic E-state index is 0.264. The number of rotatable bonds is 4. The first kappa shape index (κ1) is 15.7. The van der Waals surface area contributed by atoms with E-state index in [-0.39, 0.29) is 11.7 Å². The molecular formula is C15H13FIN5O. The van der Waals surface area contributed by atoms with Gasteiger partial charge in [0.1, 0.15) is 11.5 Å². The predicted molar refractivity (Wildman–Crippen MR) is 91.6 cm³/mol. The molecule has 1 amide bonds. The summed E-state index contributed by atoms with van der Waals surface area (Å²) >= 11 is 2.06. The second kappa shape index (κ2) is 6.49. The first-order valence-electron chi connectivity index (χ1n) is 6.79. The Morgan fingerprint density at radius 2 is 2.09 bits per heavy atom. The quantitative estimate of drug-likeness (QED) is 0.654. The van der Waals surface area contributed by atoms with E-state index < -0.39 is 0 Å². The van der Waals surface area contributed by atoms with Gasteiger partial charge in [-0.2, -0.15) is 10.2 Å². The maximum atomic E-state index is 13.6. The molecule has 118 valence electrons. The molecule has 0 fully saturated rings. The van der Waals surface area contributed by atoms with Crippen molar-refractivity contribution >= 4 is 34.2 Å². The van der Waals surface area contributed by atoms with E-state index in [2.05, 4.69) is 38.1 Å². The third-order valence-electron chi connectivity index (χ3n) is 3.29. The average molecular weight is 425 g/mol. The molecule has 0 aliphatic heterocycles. The highest BCUT2D eigenvalue weighted by Gasteiger charge is 2.16. The van der Waals surface area contributed by atoms with E-state index >= 15 is 0 Å². The third kappa shape index (κ3) is 3.41. The molecule has 1 aromatic carbocycles. The number of carbonyl (C=O) groups is 1. The average Bonchev–Trinajstić information content (AvgIpc) is 3.08. The number of anilines is 1. The van der Waals surface area contributed by atoms with Gasteiger partial charge >= 0.3 is 0 Å². The molecule has 2 heterocycles. The first-order chi connectivity index (χ1) is 11.0. The van der Waals surface area contributed by atoms with E-state index in [1.165, 1.54) is 16.9 Å². The van der Waals surface area contributed by atoms with Crippen molar-refractivity contribution in [3.63, 3.8) is 0 Å². The largest absolute Gasteiger partial charge is 0.318 e. The monoisotopic (exact) mass is 425 g/mol. The van der Waals surface area contributed by atoms with Gasteiger partial charge in [0, 0.05) is 18.8 Å². The summed E-state index contributed by atoms with van der Waals surface area (Å²) in [5.74, 6) is -0.544. The van der Waals surface area contributed by atoms with Crippen LogP contribution >= 0.6 is 22.6 Å². The fraction of sp³-hybridized carbons (Fsp3) is 0.133. The number of hydrogen-bond acceptors (Lipinski definition) is 3. The number of halogens is 2. The fourth-order valence-electron chi connectivity index (χ4n) is 2.17. The van der Waals surface area contributed by atoms with Crippen LogP contribution in [0.25, 0.3) is 0 Å². The molecule has 0 spiro atoms. The standard InChI is InChI=1S/C15H13FIN5O/c1-21-14(13(17)7-18-21)15(23)20-11-6-19-22(9-11)8-10-4-2-3-5-12(10)16/h2-7,9H,8H2,1H3,(H,20,23). The van der Waals surface area contributed by atoms with Gasteiger partial charge in [0.2, 0.25) is 0 Å². The second-order valence-electron chi connectivity index (χ2n) is 4.94. The summed E-state index contributed by atoms with van der Waals surface area (Å²) < 4.78 is 17.5. The van der Waals surface area contributed by atoms with E-state index in [4.69, 9.17) is 0 Å². The molecule has 23 heavy (non-hydrogen) atoms. The minimum atomic E-state index is -0.280. The number of aryl methyl sites for hydroxylation is 1. The van der Waals surface area contributed by atoms with Crippen LogP contribution in [0.4, 0.5) is 10.1 Å². The summed E-state index contributed by atoms with van der Waals surface area (Å²) in [6, 6.07) is 6.52. The molecule has 0 aliphatic carbocycles. The van der Waals surface area contributed by atoms with Crippen LogP contribution in [0.1, 0.15) is 16.1 Å². The summed E-state index contributed by atoms with van der Waals surface area (Å²) in [4.78, 5) is 12.3. The van der Waals surface area contributed by atoms with Crippen LogP contribution in [-0.2, 0) is 13.6 Å². The lowest BCUT2D eigenvalue weighted by atomic mass is 10.2. The molecule has 3 rings (SSSR count). The summed E-state index contributed by atoms with van der Waals surface area (Å²) in [5, 5.41) is 10.9. The van der Waals surface area contributed by atoms with Gasteiger partial charge in [-0.25, -0.2) is 4.39 Å². The molecule has 1 N–H and O–H groups in total.